The standard InChI is InChI=1S/C23H23ClFN3O4S/c1-13-20(22(30)32-11-10-31-3)21(15-4-6-16(7-5-15)26-14(2)29)27-23(33)28(13)17-8-9-19(25)18(24)12-17/h4-9,12,21H,10-11H2,1-3H3,(H,26,29)(H,27,33). The molecule has 2 N–H and O–H groups in total. The average molecular weight is 492 g/mol. The van der Waals surface area contributed by atoms with Crippen molar-refractivity contribution in [3.63, 3.8) is 0 Å². The van der Waals surface area contributed by atoms with Crippen LogP contribution in [0.3, 0.4) is 0 Å². The number of carbonyl (C=O) groups excluding carboxylic acids is 2. The Bertz CT molecular complexity index is 1110. The van der Waals surface area contributed by atoms with Gasteiger partial charge in [0, 0.05) is 31.1 Å². The van der Waals surface area contributed by atoms with Crippen molar-refractivity contribution in [1.82, 2.24) is 5.32 Å². The van der Waals surface area contributed by atoms with Gasteiger partial charge in [0.2, 0.25) is 5.91 Å². The zero-order valence-corrected chi connectivity index (χ0v) is 19.8. The Kier molecular flexibility index (Phi) is 8.01. The van der Waals surface area contributed by atoms with Gasteiger partial charge in [-0.15, -0.1) is 0 Å². The van der Waals surface area contributed by atoms with Gasteiger partial charge in [-0.2, -0.15) is 0 Å². The number of rotatable bonds is 7. The number of ether oxygens (including phenoxy) is 2. The molecule has 0 aromatic heterocycles. The summed E-state index contributed by atoms with van der Waals surface area (Å²) in [7, 11) is 1.51. The number of hydrogen-bond donors (Lipinski definition) is 2. The molecule has 0 saturated heterocycles. The minimum absolute atomic E-state index is 0.0667. The van der Waals surface area contributed by atoms with Gasteiger partial charge in [-0.05, 0) is 55.0 Å². The summed E-state index contributed by atoms with van der Waals surface area (Å²) in [4.78, 5) is 26.0. The number of nitrogens with zero attached hydrogens (tertiary/aromatic N) is 1. The molecule has 174 valence electrons. The monoisotopic (exact) mass is 491 g/mol. The molecule has 3 rings (SSSR count). The predicted octanol–water partition coefficient (Wildman–Crippen LogP) is 4.34. The minimum atomic E-state index is -0.605. The largest absolute Gasteiger partial charge is 0.460 e. The highest BCUT2D eigenvalue weighted by Crippen LogP contribution is 2.35. The number of esters is 1. The van der Waals surface area contributed by atoms with Gasteiger partial charge in [-0.3, -0.25) is 9.69 Å². The molecule has 0 spiro atoms. The Hall–Kier alpha value is -3.01. The molecule has 2 aromatic carbocycles. The SMILES string of the molecule is COCCOC(=O)C1=C(C)N(c2ccc(F)c(Cl)c2)C(=S)NC1c1ccc(NC(C)=O)cc1. The van der Waals surface area contributed by atoms with Gasteiger partial charge in [0.25, 0.3) is 0 Å². The summed E-state index contributed by atoms with van der Waals surface area (Å²) in [6, 6.07) is 10.6. The van der Waals surface area contributed by atoms with Crippen LogP contribution in [0.2, 0.25) is 5.02 Å². The molecule has 1 aliphatic rings. The number of anilines is 2. The Morgan fingerprint density at radius 1 is 1.21 bits per heavy atom. The van der Waals surface area contributed by atoms with E-state index in [1.54, 1.807) is 36.1 Å². The van der Waals surface area contributed by atoms with Crippen LogP contribution < -0.4 is 15.5 Å². The highest BCUT2D eigenvalue weighted by atomic mass is 35.5. The molecule has 7 nitrogen and oxygen atoms in total. The van der Waals surface area contributed by atoms with Crippen molar-refractivity contribution in [2.24, 2.45) is 0 Å². The van der Waals surface area contributed by atoms with Gasteiger partial charge in [0.15, 0.2) is 5.11 Å². The minimum Gasteiger partial charge on any atom is -0.460 e. The lowest BCUT2D eigenvalue weighted by atomic mass is 9.94. The Morgan fingerprint density at radius 2 is 1.91 bits per heavy atom. The molecule has 0 fully saturated rings. The second kappa shape index (κ2) is 10.7. The van der Waals surface area contributed by atoms with Crippen LogP contribution in [0.5, 0.6) is 0 Å². The summed E-state index contributed by atoms with van der Waals surface area (Å²) in [5, 5.41) is 6.11. The fourth-order valence-corrected chi connectivity index (χ4v) is 3.99. The van der Waals surface area contributed by atoms with Crippen molar-refractivity contribution >= 4 is 52.2 Å². The predicted molar refractivity (Wildman–Crippen MR) is 129 cm³/mol. The highest BCUT2D eigenvalue weighted by Gasteiger charge is 2.35. The van der Waals surface area contributed by atoms with E-state index in [0.717, 1.165) is 5.56 Å². The third-order valence-corrected chi connectivity index (χ3v) is 5.54. The average Bonchev–Trinajstić information content (AvgIpc) is 2.76. The smallest absolute Gasteiger partial charge is 0.338 e. The van der Waals surface area contributed by atoms with E-state index in [4.69, 9.17) is 33.3 Å². The van der Waals surface area contributed by atoms with Gasteiger partial charge >= 0.3 is 5.97 Å². The quantitative estimate of drug-likeness (QED) is 0.339. The Morgan fingerprint density at radius 3 is 2.52 bits per heavy atom. The van der Waals surface area contributed by atoms with Crippen molar-refractivity contribution in [3.05, 3.63) is 70.1 Å². The molecule has 0 saturated carbocycles. The first-order valence-electron chi connectivity index (χ1n) is 10.0. The lowest BCUT2D eigenvalue weighted by Gasteiger charge is -2.37. The number of hydrogen-bond acceptors (Lipinski definition) is 5. The van der Waals surface area contributed by atoms with Crippen LogP contribution in [0.4, 0.5) is 15.8 Å². The second-order valence-electron chi connectivity index (χ2n) is 7.25. The van der Waals surface area contributed by atoms with Crippen molar-refractivity contribution < 1.29 is 23.5 Å². The van der Waals surface area contributed by atoms with Crippen LogP contribution in [-0.4, -0.2) is 37.3 Å². The fraction of sp³-hybridized carbons (Fsp3) is 0.261. The molecule has 0 aliphatic carbocycles. The van der Waals surface area contributed by atoms with E-state index in [-0.39, 0.29) is 24.1 Å². The summed E-state index contributed by atoms with van der Waals surface area (Å²) in [5.41, 5.74) is 2.70. The normalized spacial score (nSPS) is 15.8. The van der Waals surface area contributed by atoms with Gasteiger partial charge in [-0.25, -0.2) is 9.18 Å². The van der Waals surface area contributed by atoms with Gasteiger partial charge in [0.05, 0.1) is 23.2 Å². The van der Waals surface area contributed by atoms with Crippen LogP contribution in [0.1, 0.15) is 25.5 Å². The maximum Gasteiger partial charge on any atom is 0.338 e. The molecule has 1 amide bonds. The van der Waals surface area contributed by atoms with Crippen LogP contribution in [0, 0.1) is 5.82 Å². The zero-order chi connectivity index (χ0) is 24.1. The van der Waals surface area contributed by atoms with Crippen LogP contribution >= 0.6 is 23.8 Å². The summed E-state index contributed by atoms with van der Waals surface area (Å²) >= 11 is 11.6. The number of methoxy groups -OCH3 is 1. The number of benzene rings is 2. The molecule has 0 radical (unpaired) electrons. The van der Waals surface area contributed by atoms with Crippen LogP contribution in [0.25, 0.3) is 0 Å². The van der Waals surface area contributed by atoms with E-state index in [0.29, 0.717) is 27.8 Å². The topological polar surface area (TPSA) is 79.9 Å². The maximum atomic E-state index is 13.7. The van der Waals surface area contributed by atoms with Gasteiger partial charge < -0.3 is 20.1 Å². The first kappa shape index (κ1) is 24.6. The molecule has 1 unspecified atom stereocenters. The molecule has 1 aliphatic heterocycles. The zero-order valence-electron chi connectivity index (χ0n) is 18.3. The number of halogens is 2. The number of amides is 1. The third-order valence-electron chi connectivity index (χ3n) is 4.95. The van der Waals surface area contributed by atoms with Gasteiger partial charge in [-0.1, -0.05) is 23.7 Å². The van der Waals surface area contributed by atoms with Crippen molar-refractivity contribution in [1.29, 1.82) is 0 Å². The highest BCUT2D eigenvalue weighted by molar-refractivity contribution is 7.80. The van der Waals surface area contributed by atoms with E-state index < -0.39 is 17.8 Å². The lowest BCUT2D eigenvalue weighted by molar-refractivity contribution is -0.140. The summed E-state index contributed by atoms with van der Waals surface area (Å²) < 4.78 is 24.1. The molecule has 2 aromatic rings. The molecule has 0 bridgehead atoms. The number of carbonyl (C=O) groups is 2. The van der Waals surface area contributed by atoms with Crippen LogP contribution in [0.15, 0.2) is 53.7 Å². The number of thiocarbonyl (C=S) groups is 1. The Balaban J connectivity index is 2.04. The fourth-order valence-electron chi connectivity index (χ4n) is 3.45. The summed E-state index contributed by atoms with van der Waals surface area (Å²) in [6.45, 7) is 3.48. The maximum absolute atomic E-state index is 13.7. The molecule has 1 heterocycles. The molecular weight excluding hydrogens is 469 g/mol. The van der Waals surface area contributed by atoms with Gasteiger partial charge in [0.1, 0.15) is 12.4 Å². The Labute approximate surface area is 201 Å². The van der Waals surface area contributed by atoms with E-state index in [1.165, 1.54) is 32.2 Å². The van der Waals surface area contributed by atoms with E-state index in [2.05, 4.69) is 10.6 Å². The summed E-state index contributed by atoms with van der Waals surface area (Å²) in [5.74, 6) is -1.30. The number of nitrogens with one attached hydrogen (secondary N) is 2. The van der Waals surface area contributed by atoms with E-state index in [9.17, 15) is 14.0 Å². The summed E-state index contributed by atoms with van der Waals surface area (Å²) in [6.07, 6.45) is 0. The first-order chi connectivity index (χ1) is 15.7. The van der Waals surface area contributed by atoms with Crippen LogP contribution in [-0.2, 0) is 19.1 Å². The number of allylic oxidation sites excluding steroid dienone is 1. The molecular formula is C23H23ClFN3O4S. The van der Waals surface area contributed by atoms with E-state index >= 15 is 0 Å². The molecule has 1 atom stereocenters. The van der Waals surface area contributed by atoms with Crippen molar-refractivity contribution in [2.75, 3.05) is 30.5 Å². The molecule has 33 heavy (non-hydrogen) atoms. The molecule has 10 heteroatoms. The first-order valence-corrected chi connectivity index (χ1v) is 10.8. The second-order valence-corrected chi connectivity index (χ2v) is 8.04. The van der Waals surface area contributed by atoms with E-state index in [1.807, 2.05) is 0 Å². The lowest BCUT2D eigenvalue weighted by Crippen LogP contribution is -2.48. The van der Waals surface area contributed by atoms with Crippen molar-refractivity contribution in [2.45, 2.75) is 19.9 Å². The van der Waals surface area contributed by atoms with Crippen molar-refractivity contribution in [3.8, 4) is 0 Å². The third kappa shape index (κ3) is 5.68.